The van der Waals surface area contributed by atoms with Crippen LogP contribution in [0.25, 0.3) is 21.5 Å². The van der Waals surface area contributed by atoms with Gasteiger partial charge in [-0.2, -0.15) is 0 Å². The van der Waals surface area contributed by atoms with Crippen molar-refractivity contribution in [2.24, 2.45) is 0 Å². The summed E-state index contributed by atoms with van der Waals surface area (Å²) in [4.78, 5) is 12.4. The molecule has 0 aromatic heterocycles. The number of esters is 1. The van der Waals surface area contributed by atoms with Crippen molar-refractivity contribution < 1.29 is 22.7 Å². The van der Waals surface area contributed by atoms with Gasteiger partial charge in [-0.05, 0) is 29.0 Å². The molecule has 0 aliphatic heterocycles. The van der Waals surface area contributed by atoms with Crippen molar-refractivity contribution in [3.63, 3.8) is 0 Å². The van der Waals surface area contributed by atoms with Gasteiger partial charge in [0.05, 0.1) is 36.1 Å². The number of nitrogens with one attached hydrogen (secondary N) is 1. The number of rotatable bonds is 8. The second kappa shape index (κ2) is 9.72. The molecule has 0 bridgehead atoms. The summed E-state index contributed by atoms with van der Waals surface area (Å²) in [5.74, 6) is 0.798. The van der Waals surface area contributed by atoms with Crippen LogP contribution in [0.2, 0.25) is 0 Å². The number of anilines is 1. The third-order valence-corrected chi connectivity index (χ3v) is 7.62. The molecule has 0 radical (unpaired) electrons. The average molecular weight is 482 g/mol. The van der Waals surface area contributed by atoms with Crippen molar-refractivity contribution in [1.29, 1.82) is 0 Å². The van der Waals surface area contributed by atoms with E-state index in [0.29, 0.717) is 17.2 Å². The van der Waals surface area contributed by atoms with E-state index in [9.17, 15) is 13.2 Å². The van der Waals surface area contributed by atoms with Gasteiger partial charge >= 0.3 is 5.97 Å². The quantitative estimate of drug-likeness (QED) is 0.266. The third-order valence-electron chi connectivity index (χ3n) is 5.23. The topological polar surface area (TPSA) is 81.7 Å². The lowest BCUT2D eigenvalue weighted by Gasteiger charge is -2.17. The Morgan fingerprint density at radius 2 is 1.61 bits per heavy atom. The number of benzene rings is 4. The van der Waals surface area contributed by atoms with Gasteiger partial charge in [-0.1, -0.05) is 54.6 Å². The molecule has 0 atom stereocenters. The molecule has 0 aliphatic rings. The van der Waals surface area contributed by atoms with Crippen LogP contribution in [0.4, 0.5) is 5.69 Å². The van der Waals surface area contributed by atoms with Crippen LogP contribution in [0.15, 0.2) is 82.6 Å². The van der Waals surface area contributed by atoms with E-state index in [2.05, 4.69) is 4.72 Å². The molecule has 0 aliphatic carbocycles. The summed E-state index contributed by atoms with van der Waals surface area (Å²) in [7, 11) is -0.920. The molecule has 0 fully saturated rings. The van der Waals surface area contributed by atoms with Gasteiger partial charge in [0.2, 0.25) is 0 Å². The number of carbonyl (C=O) groups is 1. The minimum absolute atomic E-state index is 0.181. The number of hydrogen-bond donors (Lipinski definition) is 1. The second-order valence-electron chi connectivity index (χ2n) is 7.29. The molecule has 0 spiro atoms. The highest BCUT2D eigenvalue weighted by atomic mass is 32.2. The zero-order valence-electron chi connectivity index (χ0n) is 18.2. The van der Waals surface area contributed by atoms with Crippen LogP contribution in [0, 0.1) is 0 Å². The maximum atomic E-state index is 13.3. The number of sulfonamides is 1. The van der Waals surface area contributed by atoms with E-state index in [1.54, 1.807) is 31.4 Å². The molecule has 4 aromatic carbocycles. The minimum atomic E-state index is -3.84. The molecule has 1 N–H and O–H groups in total. The van der Waals surface area contributed by atoms with Gasteiger partial charge in [-0.3, -0.25) is 9.52 Å². The van der Waals surface area contributed by atoms with Crippen LogP contribution in [0.3, 0.4) is 0 Å². The molecule has 33 heavy (non-hydrogen) atoms. The monoisotopic (exact) mass is 481 g/mol. The van der Waals surface area contributed by atoms with Crippen LogP contribution in [-0.2, 0) is 19.6 Å². The van der Waals surface area contributed by atoms with E-state index in [1.165, 1.54) is 18.9 Å². The van der Waals surface area contributed by atoms with E-state index in [0.717, 1.165) is 26.4 Å². The fraction of sp³-hybridized carbons (Fsp3) is 0.160. The average Bonchev–Trinajstić information content (AvgIpc) is 2.83. The Morgan fingerprint density at radius 3 is 2.33 bits per heavy atom. The highest BCUT2D eigenvalue weighted by molar-refractivity contribution is 7.99. The zero-order chi connectivity index (χ0) is 23.4. The highest BCUT2D eigenvalue weighted by Crippen LogP contribution is 2.41. The number of hydrogen-bond acceptors (Lipinski definition) is 6. The van der Waals surface area contributed by atoms with E-state index in [-0.39, 0.29) is 17.3 Å². The number of methoxy groups -OCH3 is 2. The summed E-state index contributed by atoms with van der Waals surface area (Å²) in [6.45, 7) is 0. The minimum Gasteiger partial charge on any atom is -0.495 e. The molecular formula is C25H23NO5S2. The molecule has 0 heterocycles. The molecule has 0 saturated carbocycles. The van der Waals surface area contributed by atoms with Crippen molar-refractivity contribution in [1.82, 2.24) is 0 Å². The molecule has 6 nitrogen and oxygen atoms in total. The lowest BCUT2D eigenvalue weighted by Crippen LogP contribution is -2.13. The first-order chi connectivity index (χ1) is 15.9. The maximum absolute atomic E-state index is 13.3. The van der Waals surface area contributed by atoms with Crippen molar-refractivity contribution >= 4 is 55.0 Å². The summed E-state index contributed by atoms with van der Waals surface area (Å²) in [6.07, 6.45) is 0.231. The number of ether oxygens (including phenoxy) is 2. The first kappa shape index (κ1) is 22.9. The first-order valence-corrected chi connectivity index (χ1v) is 12.7. The predicted octanol–water partition coefficient (Wildman–Crippen LogP) is 5.46. The fourth-order valence-corrected chi connectivity index (χ4v) is 5.73. The standard InChI is InChI=1S/C25H23NO5S2/c1-30-24(27)13-14-32-23-16-22(20-9-5-6-10-21(20)25(23)31-2)26-33(28,29)19-12-11-17-7-3-4-8-18(17)15-19/h3-12,15-16,26H,13-14H2,1-2H3. The summed E-state index contributed by atoms with van der Waals surface area (Å²) < 4.78 is 39.7. The SMILES string of the molecule is COC(=O)CCSc1cc(NS(=O)(=O)c2ccc3ccccc3c2)c2ccccc2c1OC. The molecule has 8 heteroatoms. The summed E-state index contributed by atoms with van der Waals surface area (Å²) >= 11 is 1.41. The molecule has 170 valence electrons. The van der Waals surface area contributed by atoms with Crippen molar-refractivity contribution in [2.45, 2.75) is 16.2 Å². The molecule has 0 unspecified atom stereocenters. The number of thioether (sulfide) groups is 1. The Labute approximate surface area is 196 Å². The summed E-state index contributed by atoms with van der Waals surface area (Å²) in [5, 5.41) is 3.31. The Morgan fingerprint density at radius 1 is 0.909 bits per heavy atom. The normalized spacial score (nSPS) is 11.5. The van der Waals surface area contributed by atoms with Gasteiger partial charge in [0, 0.05) is 16.5 Å². The van der Waals surface area contributed by atoms with Gasteiger partial charge in [0.1, 0.15) is 5.75 Å². The third kappa shape index (κ3) is 4.91. The van der Waals surface area contributed by atoms with Crippen molar-refractivity contribution in [3.8, 4) is 5.75 Å². The van der Waals surface area contributed by atoms with E-state index in [1.807, 2.05) is 48.5 Å². The van der Waals surface area contributed by atoms with E-state index in [4.69, 9.17) is 9.47 Å². The van der Waals surface area contributed by atoms with Crippen molar-refractivity contribution in [3.05, 3.63) is 72.8 Å². The van der Waals surface area contributed by atoms with Crippen LogP contribution >= 0.6 is 11.8 Å². The van der Waals surface area contributed by atoms with E-state index >= 15 is 0 Å². The zero-order valence-corrected chi connectivity index (χ0v) is 19.8. The smallest absolute Gasteiger partial charge is 0.306 e. The summed E-state index contributed by atoms with van der Waals surface area (Å²) in [5.41, 5.74) is 0.445. The first-order valence-electron chi connectivity index (χ1n) is 10.2. The van der Waals surface area contributed by atoms with Crippen LogP contribution in [0.1, 0.15) is 6.42 Å². The maximum Gasteiger partial charge on any atom is 0.306 e. The largest absolute Gasteiger partial charge is 0.495 e. The molecular weight excluding hydrogens is 458 g/mol. The van der Waals surface area contributed by atoms with Crippen LogP contribution < -0.4 is 9.46 Å². The lowest BCUT2D eigenvalue weighted by atomic mass is 10.1. The Balaban J connectivity index is 1.74. The van der Waals surface area contributed by atoms with Gasteiger partial charge in [-0.25, -0.2) is 8.42 Å². The van der Waals surface area contributed by atoms with E-state index < -0.39 is 10.0 Å². The molecule has 4 aromatic rings. The Bertz CT molecular complexity index is 1430. The molecule has 4 rings (SSSR count). The van der Waals surface area contributed by atoms with Gasteiger partial charge in [0.25, 0.3) is 10.0 Å². The van der Waals surface area contributed by atoms with Gasteiger partial charge in [0.15, 0.2) is 0 Å². The predicted molar refractivity (Wildman–Crippen MR) is 133 cm³/mol. The number of carbonyl (C=O) groups excluding carboxylic acids is 1. The van der Waals surface area contributed by atoms with Crippen LogP contribution in [-0.4, -0.2) is 34.4 Å². The van der Waals surface area contributed by atoms with Gasteiger partial charge in [-0.15, -0.1) is 11.8 Å². The Hall–Kier alpha value is -3.23. The lowest BCUT2D eigenvalue weighted by molar-refractivity contribution is -0.140. The van der Waals surface area contributed by atoms with Gasteiger partial charge < -0.3 is 9.47 Å². The number of fused-ring (bicyclic) bond motifs is 2. The Kier molecular flexibility index (Phi) is 6.76. The second-order valence-corrected chi connectivity index (χ2v) is 10.1. The molecule has 0 amide bonds. The van der Waals surface area contributed by atoms with Crippen LogP contribution in [0.5, 0.6) is 5.75 Å². The fourth-order valence-electron chi connectivity index (χ4n) is 3.61. The summed E-state index contributed by atoms with van der Waals surface area (Å²) in [6, 6.07) is 21.9. The van der Waals surface area contributed by atoms with Crippen molar-refractivity contribution in [2.75, 3.05) is 24.7 Å². The highest BCUT2D eigenvalue weighted by Gasteiger charge is 2.20. The molecule has 0 saturated heterocycles.